The maximum Gasteiger partial charge on any atom is 0.269 e. The maximum absolute atomic E-state index is 16.5. The summed E-state index contributed by atoms with van der Waals surface area (Å²) in [6.07, 6.45) is 7.01. The van der Waals surface area contributed by atoms with E-state index < -0.39 is 41.0 Å². The van der Waals surface area contributed by atoms with Gasteiger partial charge in [0.05, 0.1) is 29.9 Å². The van der Waals surface area contributed by atoms with Crippen LogP contribution in [0.5, 0.6) is 0 Å². The molecule has 3 aromatic carbocycles. The molecule has 2 aromatic heterocycles. The zero-order chi connectivity index (χ0) is 41.5. The zero-order valence-electron chi connectivity index (χ0n) is 32.5. The number of benzene rings is 3. The van der Waals surface area contributed by atoms with Crippen LogP contribution in [-0.4, -0.2) is 93.7 Å². The van der Waals surface area contributed by atoms with Crippen LogP contribution < -0.4 is 10.2 Å². The van der Waals surface area contributed by atoms with E-state index in [9.17, 15) is 19.2 Å². The second kappa shape index (κ2) is 16.1. The number of H-pyrrole nitrogens is 1. The molecule has 3 aliphatic heterocycles. The summed E-state index contributed by atoms with van der Waals surface area (Å²) in [7, 11) is 3.09. The number of nitrogens with one attached hydrogen (secondary N) is 2. The van der Waals surface area contributed by atoms with Crippen molar-refractivity contribution in [2.24, 2.45) is 0 Å². The van der Waals surface area contributed by atoms with E-state index in [1.165, 1.54) is 29.3 Å². The van der Waals surface area contributed by atoms with Crippen LogP contribution >= 0.6 is 0 Å². The molecule has 0 spiro atoms. The molecule has 1 unspecified atom stereocenters. The van der Waals surface area contributed by atoms with Crippen LogP contribution in [0.4, 0.5) is 23.2 Å². The van der Waals surface area contributed by atoms with E-state index >= 15 is 17.6 Å². The van der Waals surface area contributed by atoms with Crippen LogP contribution in [0, 0.1) is 23.3 Å². The summed E-state index contributed by atoms with van der Waals surface area (Å²) in [5.41, 5.74) is 1.63. The number of imide groups is 1. The Morgan fingerprint density at radius 3 is 2.41 bits per heavy atom. The van der Waals surface area contributed by atoms with Gasteiger partial charge in [-0.2, -0.15) is 0 Å². The zero-order valence-corrected chi connectivity index (χ0v) is 32.5. The van der Waals surface area contributed by atoms with Crippen LogP contribution in [0.15, 0.2) is 60.9 Å². The van der Waals surface area contributed by atoms with Gasteiger partial charge in [0.2, 0.25) is 17.7 Å². The molecular formula is C43H42F4N8O4. The number of aromatic amines is 1. The molecule has 0 aliphatic carbocycles. The minimum Gasteiger partial charge on any atom is -0.369 e. The van der Waals surface area contributed by atoms with Crippen LogP contribution in [0.2, 0.25) is 0 Å². The first-order valence-corrected chi connectivity index (χ1v) is 19.6. The Labute approximate surface area is 336 Å². The lowest BCUT2D eigenvalue weighted by atomic mass is 9.85. The van der Waals surface area contributed by atoms with Crippen LogP contribution in [-0.2, 0) is 20.9 Å². The first kappa shape index (κ1) is 39.5. The fraction of sp³-hybridized carbons (Fsp3) is 0.349. The Balaban J connectivity index is 1.05. The predicted octanol–water partition coefficient (Wildman–Crippen LogP) is 6.29. The highest BCUT2D eigenvalue weighted by Crippen LogP contribution is 2.41. The molecule has 2 saturated heterocycles. The highest BCUT2D eigenvalue weighted by atomic mass is 19.1. The first-order valence-electron chi connectivity index (χ1n) is 19.6. The standard InChI is InChI=1S/C43H42F4N8O4/c1-52(2)43(59)36-21-32-30(19-29(40(47)41(32)49-36)26-4-3-13-54(23-26)39(57)11-16-55-17-12-48-51-55)31-20-35(46)37(22-34(31)45)53-14-9-24(10-15-53)27-6-5-25(18-33(27)44)28-7-8-38(56)50-42(28)58/h4-6,12,17-22,24,28,49H,3,7-11,13-16,23H2,1-2H3,(H,50,56,58). The lowest BCUT2D eigenvalue weighted by Crippen LogP contribution is -2.39. The molecule has 5 heterocycles. The van der Waals surface area contributed by atoms with Gasteiger partial charge in [-0.05, 0) is 78.1 Å². The van der Waals surface area contributed by atoms with Gasteiger partial charge in [0.15, 0.2) is 5.82 Å². The van der Waals surface area contributed by atoms with E-state index in [4.69, 9.17) is 0 Å². The second-order valence-corrected chi connectivity index (χ2v) is 15.5. The van der Waals surface area contributed by atoms with Gasteiger partial charge in [-0.15, -0.1) is 5.10 Å². The van der Waals surface area contributed by atoms with E-state index in [-0.39, 0.29) is 76.1 Å². The van der Waals surface area contributed by atoms with Gasteiger partial charge in [-0.3, -0.25) is 29.2 Å². The lowest BCUT2D eigenvalue weighted by molar-refractivity contribution is -0.134. The number of fused-ring (bicyclic) bond motifs is 1. The summed E-state index contributed by atoms with van der Waals surface area (Å²) in [5, 5.41) is 10.1. The summed E-state index contributed by atoms with van der Waals surface area (Å²) in [6.45, 7) is 1.46. The van der Waals surface area contributed by atoms with E-state index in [2.05, 4.69) is 20.6 Å². The minimum absolute atomic E-state index is 0.0320. The number of aromatic nitrogens is 4. The molecule has 0 radical (unpaired) electrons. The summed E-state index contributed by atoms with van der Waals surface area (Å²) in [4.78, 5) is 57.7. The van der Waals surface area contributed by atoms with Crippen LogP contribution in [0.25, 0.3) is 27.6 Å². The molecular weight excluding hydrogens is 769 g/mol. The number of carbonyl (C=O) groups excluding carboxylic acids is 4. The molecule has 4 amide bonds. The average molecular weight is 811 g/mol. The number of halogens is 4. The van der Waals surface area contributed by atoms with E-state index in [1.807, 2.05) is 6.08 Å². The third kappa shape index (κ3) is 7.82. The van der Waals surface area contributed by atoms with E-state index in [0.29, 0.717) is 68.6 Å². The lowest BCUT2D eigenvalue weighted by Gasteiger charge is -2.34. The normalized spacial score (nSPS) is 17.7. The number of carbonyl (C=O) groups is 4. The number of anilines is 1. The number of piperidine rings is 2. The molecule has 3 aliphatic rings. The van der Waals surface area contributed by atoms with Gasteiger partial charge in [0.25, 0.3) is 5.91 Å². The number of hydrogen-bond donors (Lipinski definition) is 2. The van der Waals surface area contributed by atoms with Gasteiger partial charge in [-0.25, -0.2) is 17.6 Å². The quantitative estimate of drug-likeness (QED) is 0.132. The average Bonchev–Trinajstić information content (AvgIpc) is 3.92. The van der Waals surface area contributed by atoms with Crippen molar-refractivity contribution in [3.8, 4) is 11.1 Å². The summed E-state index contributed by atoms with van der Waals surface area (Å²) < 4.78 is 66.2. The van der Waals surface area contributed by atoms with E-state index in [1.54, 1.807) is 46.9 Å². The summed E-state index contributed by atoms with van der Waals surface area (Å²) in [6, 6.07) is 9.80. The predicted molar refractivity (Wildman–Crippen MR) is 211 cm³/mol. The first-order chi connectivity index (χ1) is 28.4. The smallest absolute Gasteiger partial charge is 0.269 e. The van der Waals surface area contributed by atoms with E-state index in [0.717, 1.165) is 12.1 Å². The number of nitrogens with zero attached hydrogens (tertiary/aromatic N) is 6. The Morgan fingerprint density at radius 1 is 0.898 bits per heavy atom. The van der Waals surface area contributed by atoms with Gasteiger partial charge < -0.3 is 19.7 Å². The van der Waals surface area contributed by atoms with Gasteiger partial charge in [-0.1, -0.05) is 23.4 Å². The molecule has 306 valence electrons. The van der Waals surface area contributed by atoms with Gasteiger partial charge >= 0.3 is 0 Å². The molecule has 0 bridgehead atoms. The second-order valence-electron chi connectivity index (χ2n) is 15.5. The Bertz CT molecular complexity index is 2510. The van der Waals surface area contributed by atoms with Crippen molar-refractivity contribution in [3.63, 3.8) is 0 Å². The third-order valence-corrected chi connectivity index (χ3v) is 11.6. The molecule has 0 saturated carbocycles. The molecule has 5 aromatic rings. The molecule has 16 heteroatoms. The maximum atomic E-state index is 16.5. The van der Waals surface area contributed by atoms with Crippen molar-refractivity contribution in [2.45, 2.75) is 56.9 Å². The fourth-order valence-electron chi connectivity index (χ4n) is 8.46. The Morgan fingerprint density at radius 2 is 1.69 bits per heavy atom. The topological polar surface area (TPSA) is 137 Å². The number of amides is 4. The van der Waals surface area contributed by atoms with Gasteiger partial charge in [0.1, 0.15) is 23.1 Å². The molecule has 1 atom stereocenters. The number of hydrogen-bond acceptors (Lipinski definition) is 7. The molecule has 59 heavy (non-hydrogen) atoms. The Hall–Kier alpha value is -6.32. The van der Waals surface area contributed by atoms with Crippen molar-refractivity contribution in [1.29, 1.82) is 0 Å². The van der Waals surface area contributed by atoms with Crippen LogP contribution in [0.1, 0.15) is 77.5 Å². The van der Waals surface area contributed by atoms with Crippen molar-refractivity contribution >= 4 is 45.8 Å². The monoisotopic (exact) mass is 810 g/mol. The summed E-state index contributed by atoms with van der Waals surface area (Å²) >= 11 is 0. The highest BCUT2D eigenvalue weighted by Gasteiger charge is 2.31. The van der Waals surface area contributed by atoms with Crippen molar-refractivity contribution in [1.82, 2.24) is 35.1 Å². The largest absolute Gasteiger partial charge is 0.369 e. The SMILES string of the molecule is CN(C)C(=O)c1cc2c(-c3cc(F)c(N4CCC(c5ccc(C6CCC(=O)NC6=O)cc5F)CC4)cc3F)cc(C3=CCCN(C(=O)CCn4ccnn4)C3)c(F)c2[nH]1. The minimum atomic E-state index is -0.762. The summed E-state index contributed by atoms with van der Waals surface area (Å²) in [5.74, 6) is -4.80. The molecule has 2 N–H and O–H groups in total. The van der Waals surface area contributed by atoms with Crippen LogP contribution in [0.3, 0.4) is 0 Å². The number of rotatable bonds is 9. The van der Waals surface area contributed by atoms with Gasteiger partial charge in [0, 0.05) is 81.9 Å². The highest BCUT2D eigenvalue weighted by molar-refractivity contribution is 6.05. The van der Waals surface area contributed by atoms with Crippen molar-refractivity contribution < 1.29 is 36.7 Å². The van der Waals surface area contributed by atoms with Crippen molar-refractivity contribution in [3.05, 3.63) is 107 Å². The van der Waals surface area contributed by atoms with Crippen molar-refractivity contribution in [2.75, 3.05) is 45.2 Å². The Kier molecular flexibility index (Phi) is 10.8. The fourth-order valence-corrected chi connectivity index (χ4v) is 8.46. The molecule has 8 rings (SSSR count). The number of aryl methyl sites for hydroxylation is 1. The molecule has 2 fully saturated rings. The molecule has 12 nitrogen and oxygen atoms in total. The third-order valence-electron chi connectivity index (χ3n) is 11.6.